The highest BCUT2D eigenvalue weighted by molar-refractivity contribution is 7.85. The van der Waals surface area contributed by atoms with Crippen LogP contribution in [-0.4, -0.2) is 30.6 Å². The van der Waals surface area contributed by atoms with E-state index in [1.54, 1.807) is 0 Å². The molecule has 5 nitrogen and oxygen atoms in total. The van der Waals surface area contributed by atoms with Crippen LogP contribution in [0.1, 0.15) is 0 Å². The number of halogens is 3. The van der Waals surface area contributed by atoms with Gasteiger partial charge >= 0.3 is 11.9 Å². The number of hydrogen-bond acceptors (Lipinski definition) is 4. The van der Waals surface area contributed by atoms with Gasteiger partial charge in [0.15, 0.2) is 5.75 Å². The molecule has 0 aromatic heterocycles. The highest BCUT2D eigenvalue weighted by Crippen LogP contribution is 2.17. The number of alkyl halides is 2. The number of carbonyl (C=O) groups is 1. The van der Waals surface area contributed by atoms with Gasteiger partial charge in [-0.25, -0.2) is 9.74 Å². The van der Waals surface area contributed by atoms with Gasteiger partial charge in [0.05, 0.1) is 0 Å². The zero-order valence-corrected chi connectivity index (χ0v) is 6.15. The molecule has 0 saturated heterocycles. The summed E-state index contributed by atoms with van der Waals surface area (Å²) in [6.45, 7) is 0. The highest BCUT2D eigenvalue weighted by atomic mass is 32.2. The molecule has 0 aromatic carbocycles. The number of carbonyl (C=O) groups excluding carboxylic acids is 1. The van der Waals surface area contributed by atoms with E-state index in [9.17, 15) is 26.5 Å². The molecule has 0 aromatic rings. The first-order valence-corrected chi connectivity index (χ1v) is 3.96. The molecule has 0 spiro atoms. The summed E-state index contributed by atoms with van der Waals surface area (Å²) < 4.78 is 62.5. The second-order valence-electron chi connectivity index (χ2n) is 1.80. The molecule has 0 heterocycles. The van der Waals surface area contributed by atoms with Gasteiger partial charge in [-0.2, -0.15) is 17.2 Å². The van der Waals surface area contributed by atoms with Crippen molar-refractivity contribution < 1.29 is 36.0 Å². The van der Waals surface area contributed by atoms with Crippen LogP contribution in [-0.2, 0) is 19.9 Å². The van der Waals surface area contributed by atoms with Gasteiger partial charge < -0.3 is 0 Å². The van der Waals surface area contributed by atoms with Gasteiger partial charge in [-0.05, 0) is 0 Å². The molecule has 0 saturated carbocycles. The van der Waals surface area contributed by atoms with E-state index in [1.165, 1.54) is 0 Å². The van der Waals surface area contributed by atoms with Crippen LogP contribution in [0.3, 0.4) is 0 Å². The zero-order chi connectivity index (χ0) is 9.99. The van der Waals surface area contributed by atoms with Crippen molar-refractivity contribution in [1.82, 2.24) is 0 Å². The van der Waals surface area contributed by atoms with E-state index in [-0.39, 0.29) is 0 Å². The Bertz CT molecular complexity index is 270. The van der Waals surface area contributed by atoms with Crippen molar-refractivity contribution in [2.24, 2.45) is 0 Å². The van der Waals surface area contributed by atoms with Crippen LogP contribution >= 0.6 is 0 Å². The molecule has 0 rings (SSSR count). The second-order valence-corrected chi connectivity index (χ2v) is 3.25. The summed E-state index contributed by atoms with van der Waals surface area (Å²) in [5, 5.41) is 0. The molecular weight excluding hydrogens is 205 g/mol. The Morgan fingerprint density at radius 3 is 2.17 bits per heavy atom. The number of rotatable bonds is 3. The minimum absolute atomic E-state index is 2.10. The fourth-order valence-electron chi connectivity index (χ4n) is 0.344. The molecule has 0 aliphatic heterocycles. The summed E-state index contributed by atoms with van der Waals surface area (Å²) >= 11 is 0. The average Bonchev–Trinajstić information content (AvgIpc) is 1.80. The minimum Gasteiger partial charge on any atom is -0.285 e. The summed E-state index contributed by atoms with van der Waals surface area (Å²) in [6.07, 6.45) is 0. The van der Waals surface area contributed by atoms with Crippen molar-refractivity contribution in [3.8, 4) is 0 Å². The van der Waals surface area contributed by atoms with Gasteiger partial charge in [-0.15, -0.1) is 0 Å². The van der Waals surface area contributed by atoms with Crippen molar-refractivity contribution in [1.29, 1.82) is 0 Å². The summed E-state index contributed by atoms with van der Waals surface area (Å²) in [4.78, 5) is 11.9. The summed E-state index contributed by atoms with van der Waals surface area (Å²) in [7, 11) is -5.05. The first-order valence-electron chi connectivity index (χ1n) is 2.35. The standard InChI is InChI=1S/C3H3F3O5S/c4-3(5,2(7)11-6)1-12(8,9)10/h1H2,(H,8,9,10). The van der Waals surface area contributed by atoms with Crippen molar-refractivity contribution in [3.63, 3.8) is 0 Å². The van der Waals surface area contributed by atoms with Crippen LogP contribution < -0.4 is 0 Å². The van der Waals surface area contributed by atoms with Gasteiger partial charge in [-0.3, -0.25) is 4.55 Å². The molecule has 1 N–H and O–H groups in total. The molecule has 0 aliphatic carbocycles. The predicted molar refractivity (Wildman–Crippen MR) is 28.6 cm³/mol. The predicted octanol–water partition coefficient (Wildman–Crippen LogP) is -0.0628. The molecule has 0 atom stereocenters. The van der Waals surface area contributed by atoms with Crippen LogP contribution in [0.2, 0.25) is 0 Å². The zero-order valence-electron chi connectivity index (χ0n) is 5.33. The van der Waals surface area contributed by atoms with E-state index in [0.29, 0.717) is 0 Å². The van der Waals surface area contributed by atoms with E-state index in [0.717, 1.165) is 0 Å². The van der Waals surface area contributed by atoms with Gasteiger partial charge in [-0.1, -0.05) is 0 Å². The first-order chi connectivity index (χ1) is 5.19. The lowest BCUT2D eigenvalue weighted by Gasteiger charge is -2.07. The molecule has 0 unspecified atom stereocenters. The van der Waals surface area contributed by atoms with Gasteiger partial charge in [0.25, 0.3) is 10.1 Å². The maximum Gasteiger partial charge on any atom is 0.418 e. The molecule has 9 heteroatoms. The Hall–Kier alpha value is -0.830. The first kappa shape index (κ1) is 11.2. The van der Waals surface area contributed by atoms with Crippen LogP contribution in [0.15, 0.2) is 0 Å². The van der Waals surface area contributed by atoms with E-state index < -0.39 is 27.8 Å². The Balaban J connectivity index is 4.54. The maximum absolute atomic E-state index is 12.1. The smallest absolute Gasteiger partial charge is 0.285 e. The van der Waals surface area contributed by atoms with Crippen molar-refractivity contribution >= 4 is 16.1 Å². The second kappa shape index (κ2) is 3.27. The van der Waals surface area contributed by atoms with Crippen LogP contribution in [0, 0.1) is 0 Å². The monoisotopic (exact) mass is 208 g/mol. The van der Waals surface area contributed by atoms with Gasteiger partial charge in [0.2, 0.25) is 0 Å². The normalized spacial score (nSPS) is 12.7. The molecule has 0 bridgehead atoms. The van der Waals surface area contributed by atoms with E-state index in [1.807, 2.05) is 0 Å². The quantitative estimate of drug-likeness (QED) is 0.657. The Morgan fingerprint density at radius 1 is 1.50 bits per heavy atom. The van der Waals surface area contributed by atoms with Crippen molar-refractivity contribution in [2.45, 2.75) is 5.92 Å². The van der Waals surface area contributed by atoms with Crippen molar-refractivity contribution in [2.75, 3.05) is 5.75 Å². The summed E-state index contributed by atoms with van der Waals surface area (Å²) in [5.41, 5.74) is 0. The Morgan fingerprint density at radius 2 is 1.92 bits per heavy atom. The minimum atomic E-state index is -5.05. The fraction of sp³-hybridized carbons (Fsp3) is 0.667. The van der Waals surface area contributed by atoms with Gasteiger partial charge in [0.1, 0.15) is 0 Å². The van der Waals surface area contributed by atoms with E-state index >= 15 is 0 Å². The van der Waals surface area contributed by atoms with Crippen LogP contribution in [0.4, 0.5) is 13.3 Å². The molecule has 0 amide bonds. The van der Waals surface area contributed by atoms with E-state index in [4.69, 9.17) is 4.55 Å². The topological polar surface area (TPSA) is 80.7 Å². The fourth-order valence-corrected chi connectivity index (χ4v) is 0.920. The average molecular weight is 208 g/mol. The third-order valence-corrected chi connectivity index (χ3v) is 1.46. The highest BCUT2D eigenvalue weighted by Gasteiger charge is 2.46. The van der Waals surface area contributed by atoms with Gasteiger partial charge in [0, 0.05) is 4.53 Å². The lowest BCUT2D eigenvalue weighted by Crippen LogP contribution is -2.36. The lowest BCUT2D eigenvalue weighted by molar-refractivity contribution is -0.208. The Labute approximate surface area is 64.8 Å². The molecule has 12 heavy (non-hydrogen) atoms. The largest absolute Gasteiger partial charge is 0.418 e. The molecule has 72 valence electrons. The third kappa shape index (κ3) is 3.53. The maximum atomic E-state index is 12.1. The molecular formula is C3H3F3O5S. The molecule has 0 fully saturated rings. The summed E-state index contributed by atoms with van der Waals surface area (Å²) in [5.74, 6) is -9.45. The van der Waals surface area contributed by atoms with E-state index in [2.05, 4.69) is 4.94 Å². The third-order valence-electron chi connectivity index (χ3n) is 0.732. The van der Waals surface area contributed by atoms with Crippen LogP contribution in [0.25, 0.3) is 0 Å². The SMILES string of the molecule is O=C(OF)C(F)(F)CS(=O)(=O)O. The lowest BCUT2D eigenvalue weighted by atomic mass is 10.4. The van der Waals surface area contributed by atoms with Crippen LogP contribution in [0.5, 0.6) is 0 Å². The number of hydrogen-bond donors (Lipinski definition) is 1. The van der Waals surface area contributed by atoms with Crippen molar-refractivity contribution in [3.05, 3.63) is 0 Å². The summed E-state index contributed by atoms with van der Waals surface area (Å²) in [6, 6.07) is 0. The molecule has 0 radical (unpaired) electrons. The molecule has 0 aliphatic rings. The Kier molecular flexibility index (Phi) is 3.04.